The van der Waals surface area contributed by atoms with Crippen molar-refractivity contribution in [2.24, 2.45) is 0 Å². The van der Waals surface area contributed by atoms with Gasteiger partial charge in [-0.3, -0.25) is 0 Å². The van der Waals surface area contributed by atoms with Crippen LogP contribution in [0.25, 0.3) is 10.8 Å². The first-order valence-corrected chi connectivity index (χ1v) is 6.30. The number of ether oxygens (including phenoxy) is 2. The van der Waals surface area contributed by atoms with Crippen LogP contribution in [0.2, 0.25) is 0 Å². The summed E-state index contributed by atoms with van der Waals surface area (Å²) in [5.74, 6) is 2.43. The number of aromatic nitrogens is 1. The second-order valence-corrected chi connectivity index (χ2v) is 4.69. The van der Waals surface area contributed by atoms with Crippen molar-refractivity contribution in [3.63, 3.8) is 0 Å². The average Bonchev–Trinajstić information content (AvgIpc) is 2.42. The van der Waals surface area contributed by atoms with Gasteiger partial charge < -0.3 is 14.8 Å². The highest BCUT2D eigenvalue weighted by atomic mass is 16.6. The Morgan fingerprint density at radius 3 is 2.79 bits per heavy atom. The highest BCUT2D eigenvalue weighted by Crippen LogP contribution is 2.36. The minimum Gasteiger partial charge on any atom is -0.486 e. The molecule has 3 rings (SSSR count). The molecule has 19 heavy (non-hydrogen) atoms. The van der Waals surface area contributed by atoms with Crippen LogP contribution in [0.4, 0.5) is 5.82 Å². The molecule has 0 fully saturated rings. The van der Waals surface area contributed by atoms with Gasteiger partial charge in [0.05, 0.1) is 0 Å². The number of hydrogen-bond donors (Lipinski definition) is 1. The van der Waals surface area contributed by atoms with Crippen molar-refractivity contribution in [2.75, 3.05) is 25.1 Å². The molecule has 2 aromatic rings. The number of fused-ring (bicyclic) bond motifs is 2. The summed E-state index contributed by atoms with van der Waals surface area (Å²) in [7, 11) is 0. The minimum absolute atomic E-state index is 0.591. The van der Waals surface area contributed by atoms with Crippen LogP contribution in [-0.4, -0.2) is 24.7 Å². The zero-order valence-corrected chi connectivity index (χ0v) is 10.9. The van der Waals surface area contributed by atoms with Gasteiger partial charge in [0.2, 0.25) is 0 Å². The van der Waals surface area contributed by atoms with E-state index in [-0.39, 0.29) is 0 Å². The molecule has 2 heterocycles. The van der Waals surface area contributed by atoms with E-state index in [4.69, 9.17) is 9.47 Å². The summed E-state index contributed by atoms with van der Waals surface area (Å²) >= 11 is 0. The lowest BCUT2D eigenvalue weighted by atomic mass is 10.1. The quantitative estimate of drug-likeness (QED) is 0.857. The molecule has 0 bridgehead atoms. The van der Waals surface area contributed by atoms with E-state index in [1.807, 2.05) is 25.1 Å². The third-order valence-corrected chi connectivity index (χ3v) is 2.98. The molecule has 0 radical (unpaired) electrons. The Labute approximate surface area is 112 Å². The predicted octanol–water partition coefficient (Wildman–Crippen LogP) is 2.99. The zero-order chi connectivity index (χ0) is 13.2. The standard InChI is InChI=1S/C15H16N2O2/c1-10(2)9-17-15-12-8-14-13(18-5-6-19-14)7-11(12)3-4-16-15/h3-4,7-8H,1,5-6,9H2,2H3,(H,16,17). The second-order valence-electron chi connectivity index (χ2n) is 4.69. The van der Waals surface area contributed by atoms with Crippen molar-refractivity contribution >= 4 is 16.6 Å². The first-order chi connectivity index (χ1) is 9.24. The Morgan fingerprint density at radius 2 is 2.05 bits per heavy atom. The van der Waals surface area contributed by atoms with E-state index in [9.17, 15) is 0 Å². The number of pyridine rings is 1. The van der Waals surface area contributed by atoms with Crippen LogP contribution in [0, 0.1) is 0 Å². The van der Waals surface area contributed by atoms with Gasteiger partial charge in [-0.2, -0.15) is 0 Å². The third-order valence-electron chi connectivity index (χ3n) is 2.98. The van der Waals surface area contributed by atoms with Crippen LogP contribution in [0.15, 0.2) is 36.5 Å². The molecule has 4 nitrogen and oxygen atoms in total. The van der Waals surface area contributed by atoms with E-state index in [1.54, 1.807) is 6.20 Å². The van der Waals surface area contributed by atoms with Crippen molar-refractivity contribution in [3.05, 3.63) is 36.5 Å². The van der Waals surface area contributed by atoms with Crippen LogP contribution in [0.3, 0.4) is 0 Å². The second kappa shape index (κ2) is 4.80. The molecule has 0 saturated carbocycles. The lowest BCUT2D eigenvalue weighted by Crippen LogP contribution is -2.15. The molecule has 4 heteroatoms. The summed E-state index contributed by atoms with van der Waals surface area (Å²) < 4.78 is 11.2. The molecular formula is C15H16N2O2. The number of benzene rings is 1. The summed E-state index contributed by atoms with van der Waals surface area (Å²) in [6.45, 7) is 7.77. The van der Waals surface area contributed by atoms with Crippen LogP contribution in [-0.2, 0) is 0 Å². The molecule has 0 aliphatic carbocycles. The van der Waals surface area contributed by atoms with E-state index >= 15 is 0 Å². The highest BCUT2D eigenvalue weighted by Gasteiger charge is 2.14. The van der Waals surface area contributed by atoms with Crippen LogP contribution >= 0.6 is 0 Å². The summed E-state index contributed by atoms with van der Waals surface area (Å²) in [5.41, 5.74) is 1.07. The number of hydrogen-bond acceptors (Lipinski definition) is 4. The van der Waals surface area contributed by atoms with Crippen LogP contribution < -0.4 is 14.8 Å². The summed E-state index contributed by atoms with van der Waals surface area (Å²) in [6.07, 6.45) is 1.79. The molecule has 1 N–H and O–H groups in total. The Bertz CT molecular complexity index is 637. The number of nitrogens with zero attached hydrogens (tertiary/aromatic N) is 1. The molecule has 1 aromatic carbocycles. The molecular weight excluding hydrogens is 240 g/mol. The maximum absolute atomic E-state index is 5.61. The molecule has 0 spiro atoms. The largest absolute Gasteiger partial charge is 0.486 e. The Balaban J connectivity index is 2.05. The van der Waals surface area contributed by atoms with E-state index in [2.05, 4.69) is 16.9 Å². The fourth-order valence-electron chi connectivity index (χ4n) is 2.08. The van der Waals surface area contributed by atoms with Gasteiger partial charge in [-0.15, -0.1) is 0 Å². The van der Waals surface area contributed by atoms with Gasteiger partial charge in [0.1, 0.15) is 19.0 Å². The fraction of sp³-hybridized carbons (Fsp3) is 0.267. The number of anilines is 1. The summed E-state index contributed by atoms with van der Waals surface area (Å²) in [5, 5.41) is 5.41. The molecule has 1 aliphatic heterocycles. The van der Waals surface area contributed by atoms with Crippen molar-refractivity contribution in [1.29, 1.82) is 0 Å². The maximum atomic E-state index is 5.61. The molecule has 0 unspecified atom stereocenters. The van der Waals surface area contributed by atoms with Crippen LogP contribution in [0.1, 0.15) is 6.92 Å². The van der Waals surface area contributed by atoms with Crippen molar-refractivity contribution in [1.82, 2.24) is 4.98 Å². The van der Waals surface area contributed by atoms with E-state index < -0.39 is 0 Å². The fourth-order valence-corrected chi connectivity index (χ4v) is 2.08. The molecule has 1 aromatic heterocycles. The molecule has 1 aliphatic rings. The van der Waals surface area contributed by atoms with Gasteiger partial charge in [-0.1, -0.05) is 12.2 Å². The number of rotatable bonds is 3. The van der Waals surface area contributed by atoms with E-state index in [0.717, 1.165) is 33.7 Å². The Hall–Kier alpha value is -2.23. The number of nitrogens with one attached hydrogen (secondary N) is 1. The zero-order valence-electron chi connectivity index (χ0n) is 10.9. The minimum atomic E-state index is 0.591. The lowest BCUT2D eigenvalue weighted by molar-refractivity contribution is 0.172. The smallest absolute Gasteiger partial charge is 0.162 e. The maximum Gasteiger partial charge on any atom is 0.162 e. The first-order valence-electron chi connectivity index (χ1n) is 6.30. The van der Waals surface area contributed by atoms with Gasteiger partial charge in [0, 0.05) is 18.1 Å². The van der Waals surface area contributed by atoms with Crippen molar-refractivity contribution in [2.45, 2.75) is 6.92 Å². The normalized spacial score (nSPS) is 13.3. The van der Waals surface area contributed by atoms with Gasteiger partial charge in [-0.25, -0.2) is 4.98 Å². The third kappa shape index (κ3) is 2.34. The Morgan fingerprint density at radius 1 is 1.32 bits per heavy atom. The summed E-state index contributed by atoms with van der Waals surface area (Å²) in [6, 6.07) is 5.95. The first kappa shape index (κ1) is 11.8. The monoisotopic (exact) mass is 256 g/mol. The average molecular weight is 256 g/mol. The molecule has 0 amide bonds. The van der Waals surface area contributed by atoms with Crippen LogP contribution in [0.5, 0.6) is 11.5 Å². The van der Waals surface area contributed by atoms with Crippen molar-refractivity contribution in [3.8, 4) is 11.5 Å². The Kier molecular flexibility index (Phi) is 2.99. The molecule has 0 saturated heterocycles. The lowest BCUT2D eigenvalue weighted by Gasteiger charge is -2.19. The van der Waals surface area contributed by atoms with Gasteiger partial charge in [0.15, 0.2) is 11.5 Å². The predicted molar refractivity (Wildman–Crippen MR) is 76.0 cm³/mol. The van der Waals surface area contributed by atoms with Crippen molar-refractivity contribution < 1.29 is 9.47 Å². The van der Waals surface area contributed by atoms with E-state index in [0.29, 0.717) is 19.8 Å². The highest BCUT2D eigenvalue weighted by molar-refractivity contribution is 5.94. The molecule has 0 atom stereocenters. The van der Waals surface area contributed by atoms with E-state index in [1.165, 1.54) is 0 Å². The van der Waals surface area contributed by atoms with Gasteiger partial charge >= 0.3 is 0 Å². The SMILES string of the molecule is C=C(C)CNc1nccc2cc3c(cc12)OCCO3. The van der Waals surface area contributed by atoms with Gasteiger partial charge in [-0.05, 0) is 30.5 Å². The topological polar surface area (TPSA) is 43.4 Å². The summed E-state index contributed by atoms with van der Waals surface area (Å²) in [4.78, 5) is 4.38. The van der Waals surface area contributed by atoms with Gasteiger partial charge in [0.25, 0.3) is 0 Å². The molecule has 98 valence electrons.